The van der Waals surface area contributed by atoms with Crippen LogP contribution in [0.15, 0.2) is 30.3 Å². The molecule has 0 atom stereocenters. The van der Waals surface area contributed by atoms with Gasteiger partial charge in [-0.1, -0.05) is 24.3 Å². The van der Waals surface area contributed by atoms with E-state index in [9.17, 15) is 9.59 Å². The summed E-state index contributed by atoms with van der Waals surface area (Å²) in [5, 5.41) is 0. The molecule has 2 N–H and O–H groups in total. The second kappa shape index (κ2) is 6.57. The summed E-state index contributed by atoms with van der Waals surface area (Å²) in [7, 11) is 6.36. The first-order chi connectivity index (χ1) is 12.2. The molecule has 0 fully saturated rings. The van der Waals surface area contributed by atoms with Crippen LogP contribution in [0.25, 0.3) is 0 Å². The number of carbonyl (C=O) groups is 2. The lowest BCUT2D eigenvalue weighted by atomic mass is 9.82. The summed E-state index contributed by atoms with van der Waals surface area (Å²) in [6, 6.07) is 8.62. The molecular formula is C21H25N2O3+. The molecule has 3 rings (SSSR count). The van der Waals surface area contributed by atoms with Crippen molar-refractivity contribution in [2.45, 2.75) is 13.3 Å². The Kier molecular flexibility index (Phi) is 4.59. The summed E-state index contributed by atoms with van der Waals surface area (Å²) in [6.07, 6.45) is 0.848. The van der Waals surface area contributed by atoms with Crippen molar-refractivity contribution in [1.29, 1.82) is 0 Å². The zero-order valence-corrected chi connectivity index (χ0v) is 15.8. The number of nitrogens with two attached hydrogens (primary N) is 1. The van der Waals surface area contributed by atoms with Gasteiger partial charge in [0.2, 0.25) is 0 Å². The highest BCUT2D eigenvalue weighted by Gasteiger charge is 2.34. The van der Waals surface area contributed by atoms with Crippen LogP contribution in [-0.2, 0) is 0 Å². The molecule has 0 saturated heterocycles. The van der Waals surface area contributed by atoms with Gasteiger partial charge < -0.3 is 15.0 Å². The van der Waals surface area contributed by atoms with Gasteiger partial charge in [-0.2, -0.15) is 0 Å². The quantitative estimate of drug-likeness (QED) is 0.435. The normalized spacial score (nSPS) is 13.4. The number of aryl methyl sites for hydroxylation is 1. The molecule has 2 aromatic carbocycles. The monoisotopic (exact) mass is 353 g/mol. The number of carbonyl (C=O) groups excluding carboxylic acids is 2. The maximum atomic E-state index is 13.0. The molecule has 1 aliphatic carbocycles. The molecule has 0 aromatic heterocycles. The lowest BCUT2D eigenvalue weighted by Gasteiger charge is -2.25. The lowest BCUT2D eigenvalue weighted by molar-refractivity contribution is -0.870. The first kappa shape index (κ1) is 18.1. The van der Waals surface area contributed by atoms with E-state index < -0.39 is 0 Å². The Balaban J connectivity index is 2.00. The van der Waals surface area contributed by atoms with Crippen LogP contribution in [0.4, 0.5) is 5.69 Å². The van der Waals surface area contributed by atoms with Crippen LogP contribution in [0.3, 0.4) is 0 Å². The van der Waals surface area contributed by atoms with Crippen molar-refractivity contribution in [3.63, 3.8) is 0 Å². The molecule has 136 valence electrons. The fraction of sp³-hybridized carbons (Fsp3) is 0.333. The molecule has 0 spiro atoms. The zero-order valence-electron chi connectivity index (χ0n) is 15.8. The molecule has 0 heterocycles. The van der Waals surface area contributed by atoms with E-state index in [1.54, 1.807) is 30.3 Å². The Morgan fingerprint density at radius 1 is 1.00 bits per heavy atom. The highest BCUT2D eigenvalue weighted by atomic mass is 16.5. The van der Waals surface area contributed by atoms with Crippen LogP contribution in [0, 0.1) is 6.92 Å². The molecule has 1 aliphatic rings. The summed E-state index contributed by atoms with van der Waals surface area (Å²) < 4.78 is 6.77. The predicted molar refractivity (Wildman–Crippen MR) is 102 cm³/mol. The van der Waals surface area contributed by atoms with Crippen LogP contribution in [0.2, 0.25) is 0 Å². The van der Waals surface area contributed by atoms with E-state index in [0.29, 0.717) is 34.7 Å². The molecule has 5 nitrogen and oxygen atoms in total. The number of anilines is 1. The molecule has 0 unspecified atom stereocenters. The summed E-state index contributed by atoms with van der Waals surface area (Å²) in [5.74, 6) is 0.0251. The Labute approximate surface area is 154 Å². The van der Waals surface area contributed by atoms with Crippen LogP contribution >= 0.6 is 0 Å². The number of ketones is 2. The third-order valence-corrected chi connectivity index (χ3v) is 4.64. The van der Waals surface area contributed by atoms with Crippen LogP contribution < -0.4 is 10.5 Å². The molecule has 0 amide bonds. The van der Waals surface area contributed by atoms with E-state index in [1.165, 1.54) is 0 Å². The molecule has 0 radical (unpaired) electrons. The van der Waals surface area contributed by atoms with E-state index in [4.69, 9.17) is 10.5 Å². The Morgan fingerprint density at radius 3 is 2.15 bits per heavy atom. The van der Waals surface area contributed by atoms with Crippen LogP contribution in [-0.4, -0.2) is 50.3 Å². The molecule has 0 aliphatic heterocycles. The van der Waals surface area contributed by atoms with Gasteiger partial charge in [0, 0.05) is 23.2 Å². The Bertz CT molecular complexity index is 895. The van der Waals surface area contributed by atoms with E-state index >= 15 is 0 Å². The van der Waals surface area contributed by atoms with Gasteiger partial charge >= 0.3 is 0 Å². The minimum Gasteiger partial charge on any atom is -0.493 e. The standard InChI is InChI=1S/C21H24N2O3/c1-13-12-16(26-11-7-10-23(2,3)4)17-18(19(13)22)21(25)15-9-6-5-8-14(15)20(17)24/h5-6,8-9,12H,7,10-11H2,1-4H3,(H-,22,25)/p+1. The Hall–Kier alpha value is -2.66. The molecular weight excluding hydrogens is 328 g/mol. The van der Waals surface area contributed by atoms with Crippen LogP contribution in [0.5, 0.6) is 5.75 Å². The minimum absolute atomic E-state index is 0.205. The maximum Gasteiger partial charge on any atom is 0.198 e. The second-order valence-electron chi connectivity index (χ2n) is 7.78. The summed E-state index contributed by atoms with van der Waals surface area (Å²) in [5.41, 5.74) is 8.63. The summed E-state index contributed by atoms with van der Waals surface area (Å²) in [6.45, 7) is 3.26. The number of quaternary nitrogens is 1. The van der Waals surface area contributed by atoms with Crippen molar-refractivity contribution in [2.24, 2.45) is 0 Å². The molecule has 5 heteroatoms. The van der Waals surface area contributed by atoms with Gasteiger partial charge in [0.1, 0.15) is 5.75 Å². The number of ether oxygens (including phenoxy) is 1. The topological polar surface area (TPSA) is 69.4 Å². The van der Waals surface area contributed by atoms with Gasteiger partial charge in [-0.3, -0.25) is 9.59 Å². The zero-order chi connectivity index (χ0) is 19.1. The average Bonchev–Trinajstić information content (AvgIpc) is 2.58. The van der Waals surface area contributed by atoms with Crippen molar-refractivity contribution in [2.75, 3.05) is 40.0 Å². The number of nitrogen functional groups attached to an aromatic ring is 1. The summed E-state index contributed by atoms with van der Waals surface area (Å²) >= 11 is 0. The number of hydrogen-bond donors (Lipinski definition) is 1. The maximum absolute atomic E-state index is 13.0. The number of hydrogen-bond acceptors (Lipinski definition) is 4. The van der Waals surface area contributed by atoms with Gasteiger partial charge in [0.05, 0.1) is 45.4 Å². The van der Waals surface area contributed by atoms with Crippen molar-refractivity contribution in [3.8, 4) is 5.75 Å². The SMILES string of the molecule is Cc1cc(OCCC[N+](C)(C)C)c2c(c1N)C(=O)c1ccccc1C2=O. The van der Waals surface area contributed by atoms with Crippen molar-refractivity contribution in [3.05, 3.63) is 58.1 Å². The van der Waals surface area contributed by atoms with E-state index in [0.717, 1.165) is 23.0 Å². The van der Waals surface area contributed by atoms with E-state index in [-0.39, 0.29) is 17.1 Å². The van der Waals surface area contributed by atoms with Gasteiger partial charge in [-0.25, -0.2) is 0 Å². The average molecular weight is 353 g/mol. The second-order valence-corrected chi connectivity index (χ2v) is 7.78. The fourth-order valence-corrected chi connectivity index (χ4v) is 3.25. The van der Waals surface area contributed by atoms with Gasteiger partial charge in [0.25, 0.3) is 0 Å². The number of benzene rings is 2. The highest BCUT2D eigenvalue weighted by molar-refractivity contribution is 6.31. The van der Waals surface area contributed by atoms with Gasteiger partial charge in [-0.05, 0) is 18.6 Å². The number of fused-ring (bicyclic) bond motifs is 2. The molecule has 0 bridgehead atoms. The van der Waals surface area contributed by atoms with Crippen LogP contribution in [0.1, 0.15) is 43.8 Å². The highest BCUT2D eigenvalue weighted by Crippen LogP contribution is 2.38. The van der Waals surface area contributed by atoms with E-state index in [2.05, 4.69) is 21.1 Å². The fourth-order valence-electron chi connectivity index (χ4n) is 3.25. The van der Waals surface area contributed by atoms with Gasteiger partial charge in [-0.15, -0.1) is 0 Å². The first-order valence-electron chi connectivity index (χ1n) is 8.75. The largest absolute Gasteiger partial charge is 0.493 e. The van der Waals surface area contributed by atoms with Gasteiger partial charge in [0.15, 0.2) is 11.6 Å². The van der Waals surface area contributed by atoms with Crippen molar-refractivity contribution in [1.82, 2.24) is 0 Å². The first-order valence-corrected chi connectivity index (χ1v) is 8.75. The number of nitrogens with zero attached hydrogens (tertiary/aromatic N) is 1. The smallest absolute Gasteiger partial charge is 0.198 e. The predicted octanol–water partition coefficient (Wildman–Crippen LogP) is 2.83. The molecule has 26 heavy (non-hydrogen) atoms. The third kappa shape index (κ3) is 3.22. The van der Waals surface area contributed by atoms with E-state index in [1.807, 2.05) is 6.92 Å². The van der Waals surface area contributed by atoms with Crippen molar-refractivity contribution >= 4 is 17.3 Å². The molecule has 2 aromatic rings. The third-order valence-electron chi connectivity index (χ3n) is 4.64. The minimum atomic E-state index is -0.215. The summed E-state index contributed by atoms with van der Waals surface area (Å²) in [4.78, 5) is 26.0. The number of rotatable bonds is 5. The van der Waals surface area contributed by atoms with Crippen molar-refractivity contribution < 1.29 is 18.8 Å². The molecule has 0 saturated carbocycles. The lowest BCUT2D eigenvalue weighted by Crippen LogP contribution is -2.36. The Morgan fingerprint density at radius 2 is 1.58 bits per heavy atom.